The van der Waals surface area contributed by atoms with Crippen LogP contribution in [-0.2, 0) is 15.8 Å². The van der Waals surface area contributed by atoms with Gasteiger partial charge in [0.05, 0.1) is 27.1 Å². The van der Waals surface area contributed by atoms with Gasteiger partial charge in [0.25, 0.3) is 0 Å². The summed E-state index contributed by atoms with van der Waals surface area (Å²) in [5.74, 6) is -1.60. The zero-order valence-electron chi connectivity index (χ0n) is 16.4. The molecule has 1 aliphatic carbocycles. The van der Waals surface area contributed by atoms with Gasteiger partial charge in [0.2, 0.25) is 0 Å². The molecule has 3 rings (SSSR count). The summed E-state index contributed by atoms with van der Waals surface area (Å²) in [6.07, 6.45) is -4.57. The van der Waals surface area contributed by atoms with Crippen molar-refractivity contribution in [3.05, 3.63) is 76.0 Å². The highest BCUT2D eigenvalue weighted by molar-refractivity contribution is 6.37. The van der Waals surface area contributed by atoms with Gasteiger partial charge < -0.3 is 5.11 Å². The molecule has 0 amide bonds. The first-order valence-corrected chi connectivity index (χ1v) is 9.35. The Kier molecular flexibility index (Phi) is 5.19. The molecule has 2 aromatic carbocycles. The maximum Gasteiger partial charge on any atom is 0.417 e. The van der Waals surface area contributed by atoms with Gasteiger partial charge in [0, 0.05) is 0 Å². The van der Waals surface area contributed by atoms with E-state index in [1.54, 1.807) is 25.1 Å². The molecule has 7 heteroatoms. The summed E-state index contributed by atoms with van der Waals surface area (Å²) in [4.78, 5) is 25.3. The lowest BCUT2D eigenvalue weighted by molar-refractivity contribution is -0.137. The van der Waals surface area contributed by atoms with E-state index in [2.05, 4.69) is 6.58 Å². The second kappa shape index (κ2) is 7.13. The molecule has 0 aliphatic heterocycles. The quantitative estimate of drug-likeness (QED) is 0.443. The van der Waals surface area contributed by atoms with Gasteiger partial charge in [0.15, 0.2) is 11.6 Å². The Balaban J connectivity index is 2.18. The lowest BCUT2D eigenvalue weighted by atomic mass is 9.70. The highest BCUT2D eigenvalue weighted by Crippen LogP contribution is 2.41. The number of benzene rings is 2. The molecule has 0 bridgehead atoms. The van der Waals surface area contributed by atoms with Crippen LogP contribution in [0.4, 0.5) is 13.2 Å². The van der Waals surface area contributed by atoms with E-state index in [-0.39, 0.29) is 11.1 Å². The molecular weight excluding hydrogens is 417 g/mol. The Bertz CT molecular complexity index is 1140. The van der Waals surface area contributed by atoms with Gasteiger partial charge >= 0.3 is 6.18 Å². The minimum absolute atomic E-state index is 0.0399. The lowest BCUT2D eigenvalue weighted by Gasteiger charge is -2.30. The molecule has 3 nitrogen and oxygen atoms in total. The van der Waals surface area contributed by atoms with Crippen LogP contribution in [0.5, 0.6) is 0 Å². The van der Waals surface area contributed by atoms with Gasteiger partial charge in [0.1, 0.15) is 5.76 Å². The molecule has 0 saturated heterocycles. The Labute approximate surface area is 176 Å². The summed E-state index contributed by atoms with van der Waals surface area (Å²) in [6, 6.07) is 8.30. The number of alkyl halides is 3. The molecule has 0 atom stereocenters. The molecule has 2 aromatic rings. The average Bonchev–Trinajstić information content (AvgIpc) is 2.66. The number of ketones is 2. The third-order valence-electron chi connectivity index (χ3n) is 5.27. The summed E-state index contributed by atoms with van der Waals surface area (Å²) in [6.45, 7) is 8.25. The fourth-order valence-corrected chi connectivity index (χ4v) is 3.69. The SMILES string of the molecule is C=C1C(=O)C(C)(C)C(=O)C(c2cc(-c3ccc(C(F)(F)F)c(Cl)c3)ccc2C)=C1O. The van der Waals surface area contributed by atoms with Crippen LogP contribution in [-0.4, -0.2) is 16.7 Å². The zero-order valence-corrected chi connectivity index (χ0v) is 17.2. The summed E-state index contributed by atoms with van der Waals surface area (Å²) in [7, 11) is 0. The van der Waals surface area contributed by atoms with E-state index in [4.69, 9.17) is 11.6 Å². The molecule has 0 fully saturated rings. The van der Waals surface area contributed by atoms with Crippen LogP contribution in [0, 0.1) is 12.3 Å². The Hall–Kier alpha value is -2.86. The standard InChI is InChI=1S/C23H18ClF3O3/c1-11-5-6-13(14-7-8-16(17(24)10-14)23(25,26)27)9-15(11)18-19(28)12(2)20(29)22(3,4)21(18)30/h5-10,28H,2H2,1,3-4H3. The van der Waals surface area contributed by atoms with E-state index in [1.165, 1.54) is 26.0 Å². The van der Waals surface area contributed by atoms with Gasteiger partial charge in [-0.1, -0.05) is 36.4 Å². The van der Waals surface area contributed by atoms with Gasteiger partial charge in [-0.2, -0.15) is 13.2 Å². The average molecular weight is 435 g/mol. The number of aliphatic hydroxyl groups is 1. The lowest BCUT2D eigenvalue weighted by Crippen LogP contribution is -2.39. The number of allylic oxidation sites excluding steroid dienone is 2. The Morgan fingerprint density at radius 3 is 2.13 bits per heavy atom. The molecule has 0 unspecified atom stereocenters. The van der Waals surface area contributed by atoms with Crippen LogP contribution in [0.25, 0.3) is 16.7 Å². The fraction of sp³-hybridized carbons (Fsp3) is 0.217. The summed E-state index contributed by atoms with van der Waals surface area (Å²) < 4.78 is 38.9. The van der Waals surface area contributed by atoms with Crippen LogP contribution in [0.1, 0.15) is 30.5 Å². The molecule has 0 radical (unpaired) electrons. The van der Waals surface area contributed by atoms with Crippen molar-refractivity contribution < 1.29 is 27.9 Å². The van der Waals surface area contributed by atoms with Gasteiger partial charge in [-0.05, 0) is 61.2 Å². The minimum atomic E-state index is -4.57. The van der Waals surface area contributed by atoms with Gasteiger partial charge in [-0.25, -0.2) is 0 Å². The first-order chi connectivity index (χ1) is 13.8. The number of carbonyl (C=O) groups excluding carboxylic acids is 2. The van der Waals surface area contributed by atoms with E-state index in [9.17, 15) is 27.9 Å². The fourth-order valence-electron chi connectivity index (χ4n) is 3.40. The maximum atomic E-state index is 13.0. The van der Waals surface area contributed by atoms with Crippen molar-refractivity contribution in [1.29, 1.82) is 0 Å². The summed E-state index contributed by atoms with van der Waals surface area (Å²) in [5.41, 5.74) is -0.610. The first-order valence-electron chi connectivity index (χ1n) is 8.97. The molecule has 0 spiro atoms. The molecule has 0 aromatic heterocycles. The molecule has 1 N–H and O–H groups in total. The molecule has 156 valence electrons. The van der Waals surface area contributed by atoms with Crippen LogP contribution in [0.2, 0.25) is 5.02 Å². The van der Waals surface area contributed by atoms with Crippen molar-refractivity contribution >= 4 is 28.7 Å². The maximum absolute atomic E-state index is 13.0. The zero-order chi connectivity index (χ0) is 22.6. The number of rotatable bonds is 2. The second-order valence-electron chi connectivity index (χ2n) is 7.71. The van der Waals surface area contributed by atoms with E-state index in [1.807, 2.05) is 0 Å². The summed E-state index contributed by atoms with van der Waals surface area (Å²) >= 11 is 5.83. The third kappa shape index (κ3) is 3.45. The van der Waals surface area contributed by atoms with Crippen LogP contribution >= 0.6 is 11.6 Å². The molecule has 1 aliphatic rings. The predicted molar refractivity (Wildman–Crippen MR) is 109 cm³/mol. The van der Waals surface area contributed by atoms with Gasteiger partial charge in [-0.15, -0.1) is 0 Å². The smallest absolute Gasteiger partial charge is 0.417 e. The number of carbonyl (C=O) groups is 2. The molecule has 0 heterocycles. The minimum Gasteiger partial charge on any atom is -0.506 e. The Morgan fingerprint density at radius 2 is 1.57 bits per heavy atom. The van der Waals surface area contributed by atoms with Crippen LogP contribution in [0.15, 0.2) is 54.3 Å². The number of hydrogen-bond acceptors (Lipinski definition) is 3. The van der Waals surface area contributed by atoms with E-state index in [0.717, 1.165) is 6.07 Å². The van der Waals surface area contributed by atoms with Crippen molar-refractivity contribution in [2.24, 2.45) is 5.41 Å². The number of aryl methyl sites for hydroxylation is 1. The second-order valence-corrected chi connectivity index (χ2v) is 8.11. The highest BCUT2D eigenvalue weighted by atomic mass is 35.5. The predicted octanol–water partition coefficient (Wildman–Crippen LogP) is 6.34. The number of aliphatic hydroxyl groups excluding tert-OH is 1. The van der Waals surface area contributed by atoms with Crippen molar-refractivity contribution in [2.45, 2.75) is 26.9 Å². The van der Waals surface area contributed by atoms with Crippen LogP contribution in [0.3, 0.4) is 0 Å². The topological polar surface area (TPSA) is 54.4 Å². The number of hydrogen-bond donors (Lipinski definition) is 1. The van der Waals surface area contributed by atoms with E-state index < -0.39 is 39.5 Å². The van der Waals surface area contributed by atoms with E-state index in [0.29, 0.717) is 22.3 Å². The monoisotopic (exact) mass is 434 g/mol. The summed E-state index contributed by atoms with van der Waals surface area (Å²) in [5, 5.41) is 10.1. The Morgan fingerprint density at radius 1 is 1.00 bits per heavy atom. The first kappa shape index (κ1) is 21.8. The van der Waals surface area contributed by atoms with Crippen molar-refractivity contribution in [1.82, 2.24) is 0 Å². The van der Waals surface area contributed by atoms with Gasteiger partial charge in [-0.3, -0.25) is 9.59 Å². The number of halogens is 4. The largest absolute Gasteiger partial charge is 0.506 e. The normalized spacial score (nSPS) is 17.0. The van der Waals surface area contributed by atoms with E-state index >= 15 is 0 Å². The van der Waals surface area contributed by atoms with Crippen molar-refractivity contribution in [3.8, 4) is 11.1 Å². The molecular formula is C23H18ClF3O3. The third-order valence-corrected chi connectivity index (χ3v) is 5.59. The molecule has 0 saturated carbocycles. The van der Waals surface area contributed by atoms with Crippen molar-refractivity contribution in [2.75, 3.05) is 0 Å². The van der Waals surface area contributed by atoms with Crippen molar-refractivity contribution in [3.63, 3.8) is 0 Å². The highest BCUT2D eigenvalue weighted by Gasteiger charge is 2.46. The van der Waals surface area contributed by atoms with Crippen LogP contribution < -0.4 is 0 Å². The number of Topliss-reactive ketones (excluding diaryl/α,β-unsaturated/α-hetero) is 2. The molecule has 30 heavy (non-hydrogen) atoms.